The van der Waals surface area contributed by atoms with Crippen LogP contribution >= 0.6 is 0 Å². The van der Waals surface area contributed by atoms with Crippen molar-refractivity contribution < 1.29 is 22.3 Å². The molecule has 0 aliphatic carbocycles. The molecule has 0 heterocycles. The number of sulfonamides is 1. The van der Waals surface area contributed by atoms with Crippen LogP contribution in [0.3, 0.4) is 0 Å². The van der Waals surface area contributed by atoms with Crippen molar-refractivity contribution in [3.8, 4) is 5.75 Å². The number of ether oxygens (including phenoxy) is 2. The van der Waals surface area contributed by atoms with E-state index in [1.807, 2.05) is 0 Å². The highest BCUT2D eigenvalue weighted by Gasteiger charge is 2.17. The highest BCUT2D eigenvalue weighted by Crippen LogP contribution is 2.23. The average Bonchev–Trinajstić information content (AvgIpc) is 2.25. The van der Waals surface area contributed by atoms with E-state index in [4.69, 9.17) is 14.6 Å². The highest BCUT2D eigenvalue weighted by molar-refractivity contribution is 7.89. The third-order valence-electron chi connectivity index (χ3n) is 2.09. The fraction of sp³-hybridized carbons (Fsp3) is 0.400. The van der Waals surface area contributed by atoms with Crippen LogP contribution in [0.1, 0.15) is 6.92 Å². The topological polar surface area (TPSA) is 78.6 Å². The molecule has 1 atom stereocenters. The van der Waals surface area contributed by atoms with Gasteiger partial charge >= 0.3 is 0 Å². The Bertz CT molecular complexity index is 489. The molecule has 0 aliphatic heterocycles. The van der Waals surface area contributed by atoms with Gasteiger partial charge in [0.05, 0.1) is 6.10 Å². The van der Waals surface area contributed by atoms with E-state index in [0.29, 0.717) is 0 Å². The Morgan fingerprint density at radius 1 is 1.47 bits per heavy atom. The molecule has 17 heavy (non-hydrogen) atoms. The minimum absolute atomic E-state index is 0.0119. The first-order valence-corrected chi connectivity index (χ1v) is 6.37. The summed E-state index contributed by atoms with van der Waals surface area (Å²) in [5, 5.41) is 4.96. The van der Waals surface area contributed by atoms with Gasteiger partial charge in [-0.15, -0.1) is 0 Å². The quantitative estimate of drug-likeness (QED) is 0.855. The molecule has 5 nitrogen and oxygen atoms in total. The normalized spacial score (nSPS) is 13.4. The molecule has 1 aromatic rings. The monoisotopic (exact) mass is 263 g/mol. The van der Waals surface area contributed by atoms with Gasteiger partial charge in [-0.3, -0.25) is 0 Å². The van der Waals surface area contributed by atoms with E-state index in [2.05, 4.69) is 0 Å². The van der Waals surface area contributed by atoms with Crippen LogP contribution in [0.4, 0.5) is 4.39 Å². The highest BCUT2D eigenvalue weighted by atomic mass is 32.2. The molecule has 0 fully saturated rings. The second-order valence-corrected chi connectivity index (χ2v) is 5.02. The maximum absolute atomic E-state index is 12.9. The number of hydrogen-bond donors (Lipinski definition) is 1. The lowest BCUT2D eigenvalue weighted by atomic mass is 10.3. The molecule has 0 radical (unpaired) electrons. The fourth-order valence-electron chi connectivity index (χ4n) is 1.10. The van der Waals surface area contributed by atoms with E-state index in [-0.39, 0.29) is 23.4 Å². The lowest BCUT2D eigenvalue weighted by molar-refractivity contribution is 0.0705. The predicted octanol–water partition coefficient (Wildman–Crippen LogP) is 0.887. The molecule has 0 aromatic heterocycles. The van der Waals surface area contributed by atoms with Gasteiger partial charge in [0.2, 0.25) is 10.0 Å². The second kappa shape index (κ2) is 5.44. The van der Waals surface area contributed by atoms with Gasteiger partial charge in [-0.2, -0.15) is 0 Å². The molecule has 0 saturated carbocycles. The van der Waals surface area contributed by atoms with Gasteiger partial charge in [-0.05, 0) is 25.1 Å². The Kier molecular flexibility index (Phi) is 4.44. The standard InChI is InChI=1S/C10H14FNO4S/c1-7(15-2)6-16-9-4-3-8(11)5-10(9)17(12,13)14/h3-5,7H,6H2,1-2H3,(H2,12,13,14). The Balaban J connectivity index is 3.00. The molecule has 96 valence electrons. The predicted molar refractivity (Wildman–Crippen MR) is 59.7 cm³/mol. The van der Waals surface area contributed by atoms with Crippen LogP contribution in [0.2, 0.25) is 0 Å². The Morgan fingerprint density at radius 2 is 2.12 bits per heavy atom. The molecule has 2 N–H and O–H groups in total. The molecular weight excluding hydrogens is 249 g/mol. The summed E-state index contributed by atoms with van der Waals surface area (Å²) in [6, 6.07) is 3.14. The SMILES string of the molecule is COC(C)COc1ccc(F)cc1S(N)(=O)=O. The number of halogens is 1. The summed E-state index contributed by atoms with van der Waals surface area (Å²) in [4.78, 5) is -0.374. The first-order valence-electron chi connectivity index (χ1n) is 4.82. The van der Waals surface area contributed by atoms with Crippen molar-refractivity contribution in [3.63, 3.8) is 0 Å². The number of hydrogen-bond acceptors (Lipinski definition) is 4. The molecule has 1 rings (SSSR count). The molecule has 0 amide bonds. The summed E-state index contributed by atoms with van der Waals surface area (Å²) < 4.78 is 45.5. The summed E-state index contributed by atoms with van der Waals surface area (Å²) in [6.45, 7) is 1.89. The van der Waals surface area contributed by atoms with Crippen molar-refractivity contribution in [2.24, 2.45) is 5.14 Å². The molecule has 0 bridgehead atoms. The molecule has 1 aromatic carbocycles. The van der Waals surface area contributed by atoms with Crippen molar-refractivity contribution in [2.45, 2.75) is 17.9 Å². The van der Waals surface area contributed by atoms with Crippen LogP contribution in [0.15, 0.2) is 23.1 Å². The summed E-state index contributed by atoms with van der Waals surface area (Å²) in [5.41, 5.74) is 0. The fourth-order valence-corrected chi connectivity index (χ4v) is 1.78. The van der Waals surface area contributed by atoms with E-state index >= 15 is 0 Å². The summed E-state index contributed by atoms with van der Waals surface area (Å²) in [5.74, 6) is -0.682. The van der Waals surface area contributed by atoms with E-state index in [0.717, 1.165) is 12.1 Å². The van der Waals surface area contributed by atoms with E-state index < -0.39 is 15.8 Å². The van der Waals surface area contributed by atoms with E-state index in [9.17, 15) is 12.8 Å². The van der Waals surface area contributed by atoms with Crippen LogP contribution in [-0.4, -0.2) is 28.2 Å². The van der Waals surface area contributed by atoms with Crippen LogP contribution in [0, 0.1) is 5.82 Å². The molecular formula is C10H14FNO4S. The first-order chi connectivity index (χ1) is 7.84. The van der Waals surface area contributed by atoms with Crippen molar-refractivity contribution >= 4 is 10.0 Å². The summed E-state index contributed by atoms with van der Waals surface area (Å²) in [7, 11) is -2.52. The second-order valence-electron chi connectivity index (χ2n) is 3.49. The first kappa shape index (κ1) is 13.9. The Morgan fingerprint density at radius 3 is 2.65 bits per heavy atom. The van der Waals surface area contributed by atoms with Crippen LogP contribution in [0.5, 0.6) is 5.75 Å². The third-order valence-corrected chi connectivity index (χ3v) is 3.02. The number of benzene rings is 1. The van der Waals surface area contributed by atoms with Crippen LogP contribution in [-0.2, 0) is 14.8 Å². The zero-order chi connectivity index (χ0) is 13.1. The van der Waals surface area contributed by atoms with Crippen molar-refractivity contribution in [2.75, 3.05) is 13.7 Å². The zero-order valence-corrected chi connectivity index (χ0v) is 10.3. The maximum Gasteiger partial charge on any atom is 0.241 e. The molecule has 0 aliphatic rings. The van der Waals surface area contributed by atoms with E-state index in [1.165, 1.54) is 13.2 Å². The molecule has 1 unspecified atom stereocenters. The van der Waals surface area contributed by atoms with Gasteiger partial charge < -0.3 is 9.47 Å². The van der Waals surface area contributed by atoms with Crippen LogP contribution in [0.25, 0.3) is 0 Å². The Hall–Kier alpha value is -1.18. The van der Waals surface area contributed by atoms with Gasteiger partial charge in [0.25, 0.3) is 0 Å². The number of nitrogens with two attached hydrogens (primary N) is 1. The number of rotatable bonds is 5. The van der Waals surface area contributed by atoms with Gasteiger partial charge in [0.1, 0.15) is 23.1 Å². The lowest BCUT2D eigenvalue weighted by Gasteiger charge is -2.13. The summed E-state index contributed by atoms with van der Waals surface area (Å²) >= 11 is 0. The number of primary sulfonamides is 1. The van der Waals surface area contributed by atoms with Gasteiger partial charge in [0.15, 0.2) is 0 Å². The minimum Gasteiger partial charge on any atom is -0.489 e. The van der Waals surface area contributed by atoms with Crippen molar-refractivity contribution in [3.05, 3.63) is 24.0 Å². The van der Waals surface area contributed by atoms with Crippen molar-refractivity contribution in [1.29, 1.82) is 0 Å². The van der Waals surface area contributed by atoms with Crippen LogP contribution < -0.4 is 9.88 Å². The average molecular weight is 263 g/mol. The molecule has 0 saturated heterocycles. The minimum atomic E-state index is -4.02. The summed E-state index contributed by atoms with van der Waals surface area (Å²) in [6.07, 6.45) is -0.214. The van der Waals surface area contributed by atoms with Gasteiger partial charge in [0, 0.05) is 7.11 Å². The van der Waals surface area contributed by atoms with Gasteiger partial charge in [-0.25, -0.2) is 17.9 Å². The number of methoxy groups -OCH3 is 1. The largest absolute Gasteiger partial charge is 0.489 e. The third kappa shape index (κ3) is 3.95. The Labute approximate surface area is 99.4 Å². The lowest BCUT2D eigenvalue weighted by Crippen LogP contribution is -2.19. The molecule has 7 heteroatoms. The van der Waals surface area contributed by atoms with E-state index in [1.54, 1.807) is 6.92 Å². The smallest absolute Gasteiger partial charge is 0.241 e. The maximum atomic E-state index is 12.9. The van der Waals surface area contributed by atoms with Gasteiger partial charge in [-0.1, -0.05) is 0 Å². The zero-order valence-electron chi connectivity index (χ0n) is 9.51. The molecule has 0 spiro atoms. The van der Waals surface area contributed by atoms with Crippen molar-refractivity contribution in [1.82, 2.24) is 0 Å².